The first-order chi connectivity index (χ1) is 9.22. The number of rotatable bonds is 2. The molecule has 0 aliphatic rings. The van der Waals surface area contributed by atoms with Gasteiger partial charge in [0.15, 0.2) is 0 Å². The molecule has 0 amide bonds. The number of benzene rings is 1. The maximum Gasteiger partial charge on any atom is 0.251 e. The topological polar surface area (TPSA) is 64.7 Å². The summed E-state index contributed by atoms with van der Waals surface area (Å²) in [4.78, 5) is 8.23. The highest BCUT2D eigenvalue weighted by Crippen LogP contribution is 2.23. The summed E-state index contributed by atoms with van der Waals surface area (Å²) in [5, 5.41) is 8.08. The number of hydrogen-bond acceptors (Lipinski definition) is 5. The molecule has 2 aromatic heterocycles. The van der Waals surface area contributed by atoms with Crippen molar-refractivity contribution in [3.63, 3.8) is 0 Å². The van der Waals surface area contributed by atoms with E-state index in [-0.39, 0.29) is 0 Å². The molecule has 19 heavy (non-hydrogen) atoms. The van der Waals surface area contributed by atoms with E-state index in [1.807, 2.05) is 38.1 Å². The summed E-state index contributed by atoms with van der Waals surface area (Å²) in [6.07, 6.45) is 3.35. The molecule has 0 atom stereocenters. The lowest BCUT2D eigenvalue weighted by Crippen LogP contribution is -1.87. The Morgan fingerprint density at radius 3 is 2.26 bits per heavy atom. The lowest BCUT2D eigenvalue weighted by molar-refractivity contribution is 0.583. The highest BCUT2D eigenvalue weighted by atomic mass is 16.4. The van der Waals surface area contributed by atoms with E-state index in [1.165, 1.54) is 0 Å². The molecule has 2 heterocycles. The number of hydrogen-bond donors (Lipinski definition) is 0. The highest BCUT2D eigenvalue weighted by Gasteiger charge is 2.10. The van der Waals surface area contributed by atoms with E-state index in [9.17, 15) is 0 Å². The third kappa shape index (κ3) is 2.35. The largest absolute Gasteiger partial charge is 0.416 e. The van der Waals surface area contributed by atoms with Crippen LogP contribution in [0, 0.1) is 13.8 Å². The van der Waals surface area contributed by atoms with Crippen molar-refractivity contribution >= 4 is 0 Å². The summed E-state index contributed by atoms with van der Waals surface area (Å²) < 4.78 is 5.65. The van der Waals surface area contributed by atoms with Crippen LogP contribution in [-0.4, -0.2) is 20.2 Å². The zero-order chi connectivity index (χ0) is 13.2. The standard InChI is InChI=1S/C14H12N4O/c1-9-4-3-5-11(6-9)13-17-18-14(19-13)12-7-15-10(2)16-8-12/h3-8H,1-2H3. The zero-order valence-corrected chi connectivity index (χ0v) is 10.7. The van der Waals surface area contributed by atoms with E-state index in [4.69, 9.17) is 4.42 Å². The Morgan fingerprint density at radius 2 is 1.58 bits per heavy atom. The molecule has 3 rings (SSSR count). The molecule has 0 spiro atoms. The summed E-state index contributed by atoms with van der Waals surface area (Å²) in [6, 6.07) is 7.93. The molecule has 0 unspecified atom stereocenters. The molecule has 0 saturated heterocycles. The molecule has 0 saturated carbocycles. The average molecular weight is 252 g/mol. The molecule has 0 bridgehead atoms. The van der Waals surface area contributed by atoms with E-state index in [1.54, 1.807) is 12.4 Å². The van der Waals surface area contributed by atoms with Gasteiger partial charge in [0.2, 0.25) is 5.89 Å². The Labute approximate surface area is 110 Å². The second-order valence-corrected chi connectivity index (χ2v) is 4.30. The van der Waals surface area contributed by atoms with Crippen LogP contribution in [0.1, 0.15) is 11.4 Å². The van der Waals surface area contributed by atoms with Crippen molar-refractivity contribution in [2.75, 3.05) is 0 Å². The maximum atomic E-state index is 5.65. The van der Waals surface area contributed by atoms with Gasteiger partial charge in [-0.3, -0.25) is 0 Å². The maximum absolute atomic E-state index is 5.65. The van der Waals surface area contributed by atoms with Crippen LogP contribution in [0.2, 0.25) is 0 Å². The van der Waals surface area contributed by atoms with E-state index in [0.29, 0.717) is 17.6 Å². The van der Waals surface area contributed by atoms with Gasteiger partial charge in [0, 0.05) is 18.0 Å². The van der Waals surface area contributed by atoms with Gasteiger partial charge in [0.1, 0.15) is 5.82 Å². The first-order valence-electron chi connectivity index (χ1n) is 5.92. The van der Waals surface area contributed by atoms with Crippen LogP contribution >= 0.6 is 0 Å². The van der Waals surface area contributed by atoms with E-state index < -0.39 is 0 Å². The first kappa shape index (κ1) is 11.5. The third-order valence-corrected chi connectivity index (χ3v) is 2.72. The van der Waals surface area contributed by atoms with Gasteiger partial charge in [-0.25, -0.2) is 9.97 Å². The fourth-order valence-electron chi connectivity index (χ4n) is 1.74. The van der Waals surface area contributed by atoms with Gasteiger partial charge in [0.25, 0.3) is 5.89 Å². The predicted octanol–water partition coefficient (Wildman–Crippen LogP) is 2.81. The van der Waals surface area contributed by atoms with E-state index in [2.05, 4.69) is 20.2 Å². The van der Waals surface area contributed by atoms with Gasteiger partial charge in [-0.1, -0.05) is 17.7 Å². The van der Waals surface area contributed by atoms with Crippen LogP contribution in [0.3, 0.4) is 0 Å². The number of nitrogens with zero attached hydrogens (tertiary/aromatic N) is 4. The van der Waals surface area contributed by atoms with Gasteiger partial charge in [-0.15, -0.1) is 10.2 Å². The molecule has 3 aromatic rings. The second-order valence-electron chi connectivity index (χ2n) is 4.30. The molecule has 5 nitrogen and oxygen atoms in total. The van der Waals surface area contributed by atoms with Gasteiger partial charge in [-0.05, 0) is 26.0 Å². The second kappa shape index (κ2) is 4.61. The summed E-state index contributed by atoms with van der Waals surface area (Å²) in [5.41, 5.74) is 2.78. The third-order valence-electron chi connectivity index (χ3n) is 2.72. The molecule has 0 aliphatic carbocycles. The molecule has 0 radical (unpaired) electrons. The minimum Gasteiger partial charge on any atom is -0.416 e. The number of aromatic nitrogens is 4. The van der Waals surface area contributed by atoms with Crippen LogP contribution in [0.15, 0.2) is 41.1 Å². The molecular formula is C14H12N4O. The zero-order valence-electron chi connectivity index (χ0n) is 10.7. The predicted molar refractivity (Wildman–Crippen MR) is 70.2 cm³/mol. The lowest BCUT2D eigenvalue weighted by Gasteiger charge is -1.96. The number of aryl methyl sites for hydroxylation is 2. The van der Waals surface area contributed by atoms with Crippen molar-refractivity contribution in [2.45, 2.75) is 13.8 Å². The molecule has 5 heteroatoms. The van der Waals surface area contributed by atoms with Crippen molar-refractivity contribution in [3.8, 4) is 22.9 Å². The van der Waals surface area contributed by atoms with Crippen molar-refractivity contribution < 1.29 is 4.42 Å². The smallest absolute Gasteiger partial charge is 0.251 e. The van der Waals surface area contributed by atoms with Crippen molar-refractivity contribution in [3.05, 3.63) is 48.0 Å². The quantitative estimate of drug-likeness (QED) is 0.701. The molecule has 1 aromatic carbocycles. The Kier molecular flexibility index (Phi) is 2.79. The summed E-state index contributed by atoms with van der Waals surface area (Å²) in [5.74, 6) is 1.64. The molecule has 0 fully saturated rings. The van der Waals surface area contributed by atoms with Crippen molar-refractivity contribution in [1.29, 1.82) is 0 Å². The van der Waals surface area contributed by atoms with Gasteiger partial charge in [-0.2, -0.15) is 0 Å². The van der Waals surface area contributed by atoms with E-state index in [0.717, 1.165) is 16.7 Å². The SMILES string of the molecule is Cc1cccc(-c2nnc(-c3cnc(C)nc3)o2)c1. The molecule has 94 valence electrons. The molecule has 0 aliphatic heterocycles. The van der Waals surface area contributed by atoms with Gasteiger partial charge in [0.05, 0.1) is 5.56 Å². The summed E-state index contributed by atoms with van der Waals surface area (Å²) in [7, 11) is 0. The van der Waals surface area contributed by atoms with Crippen LogP contribution < -0.4 is 0 Å². The summed E-state index contributed by atoms with van der Waals surface area (Å²) >= 11 is 0. The Bertz CT molecular complexity index is 703. The minimum absolute atomic E-state index is 0.427. The normalized spacial score (nSPS) is 10.6. The van der Waals surface area contributed by atoms with Gasteiger partial charge < -0.3 is 4.42 Å². The average Bonchev–Trinajstić information content (AvgIpc) is 2.89. The fourth-order valence-corrected chi connectivity index (χ4v) is 1.74. The highest BCUT2D eigenvalue weighted by molar-refractivity contribution is 5.57. The Morgan fingerprint density at radius 1 is 0.895 bits per heavy atom. The molecular weight excluding hydrogens is 240 g/mol. The van der Waals surface area contributed by atoms with Crippen LogP contribution in [0.4, 0.5) is 0 Å². The fraction of sp³-hybridized carbons (Fsp3) is 0.143. The Balaban J connectivity index is 1.97. The minimum atomic E-state index is 0.427. The first-order valence-corrected chi connectivity index (χ1v) is 5.92. The van der Waals surface area contributed by atoms with Crippen molar-refractivity contribution in [1.82, 2.24) is 20.2 Å². The van der Waals surface area contributed by atoms with Crippen LogP contribution in [0.5, 0.6) is 0 Å². The van der Waals surface area contributed by atoms with Crippen LogP contribution in [-0.2, 0) is 0 Å². The lowest BCUT2D eigenvalue weighted by atomic mass is 10.1. The molecule has 0 N–H and O–H groups in total. The van der Waals surface area contributed by atoms with Crippen molar-refractivity contribution in [2.24, 2.45) is 0 Å². The summed E-state index contributed by atoms with van der Waals surface area (Å²) in [6.45, 7) is 3.85. The van der Waals surface area contributed by atoms with E-state index >= 15 is 0 Å². The van der Waals surface area contributed by atoms with Crippen LogP contribution in [0.25, 0.3) is 22.9 Å². The Hall–Kier alpha value is -2.56. The monoisotopic (exact) mass is 252 g/mol. The van der Waals surface area contributed by atoms with Gasteiger partial charge >= 0.3 is 0 Å².